The maximum Gasteiger partial charge on any atom is 0.338 e. The zero-order valence-corrected chi connectivity index (χ0v) is 10.9. The van der Waals surface area contributed by atoms with E-state index in [0.29, 0.717) is 12.2 Å². The molecule has 19 heavy (non-hydrogen) atoms. The Morgan fingerprint density at radius 2 is 1.74 bits per heavy atom. The third-order valence-electron chi connectivity index (χ3n) is 2.71. The van der Waals surface area contributed by atoms with Gasteiger partial charge < -0.3 is 10.1 Å². The third-order valence-corrected chi connectivity index (χ3v) is 2.71. The Balaban J connectivity index is 1.92. The van der Waals surface area contributed by atoms with Crippen molar-refractivity contribution in [2.45, 2.75) is 13.5 Å². The molecule has 0 aromatic heterocycles. The predicted octanol–water partition coefficient (Wildman–Crippen LogP) is 3.48. The average molecular weight is 255 g/mol. The monoisotopic (exact) mass is 255 g/mol. The van der Waals surface area contributed by atoms with E-state index >= 15 is 0 Å². The van der Waals surface area contributed by atoms with Crippen molar-refractivity contribution < 1.29 is 9.53 Å². The van der Waals surface area contributed by atoms with Crippen LogP contribution in [0.1, 0.15) is 22.8 Å². The van der Waals surface area contributed by atoms with E-state index in [9.17, 15) is 4.79 Å². The summed E-state index contributed by atoms with van der Waals surface area (Å²) in [6.45, 7) is 3.19. The minimum atomic E-state index is -0.299. The van der Waals surface area contributed by atoms with Crippen LogP contribution in [0.3, 0.4) is 0 Å². The van der Waals surface area contributed by atoms with Crippen molar-refractivity contribution in [2.75, 3.05) is 11.9 Å². The number of carbonyl (C=O) groups is 1. The van der Waals surface area contributed by atoms with Crippen LogP contribution in [-0.2, 0) is 11.3 Å². The number of rotatable bonds is 5. The molecule has 0 heterocycles. The van der Waals surface area contributed by atoms with Gasteiger partial charge in [0.25, 0.3) is 0 Å². The highest BCUT2D eigenvalue weighted by atomic mass is 16.5. The molecule has 0 saturated carbocycles. The zero-order chi connectivity index (χ0) is 13.5. The lowest BCUT2D eigenvalue weighted by molar-refractivity contribution is 0.0473. The molecule has 0 unspecified atom stereocenters. The highest BCUT2D eigenvalue weighted by Gasteiger charge is 2.06. The molecule has 0 aliphatic rings. The first kappa shape index (κ1) is 13.1. The molecule has 3 nitrogen and oxygen atoms in total. The number of benzene rings is 2. The largest absolute Gasteiger partial charge is 0.457 e. The molecule has 0 bridgehead atoms. The Kier molecular flexibility index (Phi) is 4.56. The van der Waals surface area contributed by atoms with Crippen molar-refractivity contribution in [1.82, 2.24) is 0 Å². The van der Waals surface area contributed by atoms with Gasteiger partial charge in [-0.05, 0) is 36.8 Å². The molecule has 2 aromatic carbocycles. The van der Waals surface area contributed by atoms with Crippen LogP contribution in [0.5, 0.6) is 0 Å². The molecule has 0 aliphatic carbocycles. The smallest absolute Gasteiger partial charge is 0.338 e. The van der Waals surface area contributed by atoms with Crippen molar-refractivity contribution in [2.24, 2.45) is 0 Å². The summed E-state index contributed by atoms with van der Waals surface area (Å²) in [7, 11) is 0. The van der Waals surface area contributed by atoms with Gasteiger partial charge in [-0.25, -0.2) is 4.79 Å². The van der Waals surface area contributed by atoms with Gasteiger partial charge in [0.1, 0.15) is 6.61 Å². The second-order valence-electron chi connectivity index (χ2n) is 4.17. The van der Waals surface area contributed by atoms with E-state index in [1.54, 1.807) is 12.1 Å². The molecule has 0 saturated heterocycles. The fraction of sp³-hybridized carbons (Fsp3) is 0.188. The van der Waals surface area contributed by atoms with E-state index in [0.717, 1.165) is 17.8 Å². The van der Waals surface area contributed by atoms with Gasteiger partial charge in [0, 0.05) is 12.2 Å². The number of hydrogen-bond donors (Lipinski definition) is 1. The number of hydrogen-bond acceptors (Lipinski definition) is 3. The van der Waals surface area contributed by atoms with Gasteiger partial charge in [0.15, 0.2) is 0 Å². The molecule has 2 aromatic rings. The van der Waals surface area contributed by atoms with Crippen LogP contribution < -0.4 is 5.32 Å². The van der Waals surface area contributed by atoms with Gasteiger partial charge in [0.2, 0.25) is 0 Å². The van der Waals surface area contributed by atoms with Crippen LogP contribution in [0.4, 0.5) is 5.69 Å². The van der Waals surface area contributed by atoms with Gasteiger partial charge in [0.05, 0.1) is 5.56 Å². The summed E-state index contributed by atoms with van der Waals surface area (Å²) in [6.07, 6.45) is 0. The Morgan fingerprint density at radius 1 is 1.05 bits per heavy atom. The van der Waals surface area contributed by atoms with Crippen molar-refractivity contribution in [3.05, 3.63) is 65.7 Å². The van der Waals surface area contributed by atoms with Crippen molar-refractivity contribution in [3.63, 3.8) is 0 Å². The molecule has 98 valence electrons. The standard InChI is InChI=1S/C16H17NO2/c1-2-17-15-10-8-14(9-11-15)16(18)19-12-13-6-4-3-5-7-13/h3-11,17H,2,12H2,1H3. The molecule has 2 rings (SSSR count). The lowest BCUT2D eigenvalue weighted by Crippen LogP contribution is -2.05. The first-order valence-corrected chi connectivity index (χ1v) is 6.34. The van der Waals surface area contributed by atoms with Gasteiger partial charge in [-0.3, -0.25) is 0 Å². The highest BCUT2D eigenvalue weighted by Crippen LogP contribution is 2.11. The van der Waals surface area contributed by atoms with Gasteiger partial charge >= 0.3 is 5.97 Å². The molecule has 0 radical (unpaired) electrons. The number of nitrogens with one attached hydrogen (secondary N) is 1. The van der Waals surface area contributed by atoms with Crippen molar-refractivity contribution in [3.8, 4) is 0 Å². The molecule has 0 spiro atoms. The summed E-state index contributed by atoms with van der Waals surface area (Å²) in [5.74, 6) is -0.299. The minimum Gasteiger partial charge on any atom is -0.457 e. The molecule has 1 N–H and O–H groups in total. The molecular formula is C16H17NO2. The van der Waals surface area contributed by atoms with E-state index in [-0.39, 0.29) is 5.97 Å². The van der Waals surface area contributed by atoms with Gasteiger partial charge in [-0.2, -0.15) is 0 Å². The lowest BCUT2D eigenvalue weighted by atomic mass is 10.2. The summed E-state index contributed by atoms with van der Waals surface area (Å²) in [5, 5.41) is 3.18. The van der Waals surface area contributed by atoms with E-state index in [1.807, 2.05) is 49.4 Å². The minimum absolute atomic E-state index is 0.299. The summed E-state index contributed by atoms with van der Waals surface area (Å²) in [6, 6.07) is 16.9. The molecule has 3 heteroatoms. The molecule has 0 amide bonds. The maximum atomic E-state index is 11.8. The Bertz CT molecular complexity index is 520. The molecule has 0 aliphatic heterocycles. The van der Waals surface area contributed by atoms with E-state index < -0.39 is 0 Å². The van der Waals surface area contributed by atoms with Gasteiger partial charge in [-0.15, -0.1) is 0 Å². The second-order valence-corrected chi connectivity index (χ2v) is 4.17. The normalized spacial score (nSPS) is 9.95. The second kappa shape index (κ2) is 6.59. The highest BCUT2D eigenvalue weighted by molar-refractivity contribution is 5.89. The summed E-state index contributed by atoms with van der Waals surface area (Å²) >= 11 is 0. The SMILES string of the molecule is CCNc1ccc(C(=O)OCc2ccccc2)cc1. The maximum absolute atomic E-state index is 11.8. The molecule has 0 atom stereocenters. The van der Waals surface area contributed by atoms with Crippen LogP contribution in [0.2, 0.25) is 0 Å². The summed E-state index contributed by atoms with van der Waals surface area (Å²) in [5.41, 5.74) is 2.56. The Labute approximate surface area is 113 Å². The topological polar surface area (TPSA) is 38.3 Å². The Morgan fingerprint density at radius 3 is 2.37 bits per heavy atom. The fourth-order valence-electron chi connectivity index (χ4n) is 1.73. The fourth-order valence-corrected chi connectivity index (χ4v) is 1.73. The van der Waals surface area contributed by atoms with Gasteiger partial charge in [-0.1, -0.05) is 30.3 Å². The Hall–Kier alpha value is -2.29. The average Bonchev–Trinajstić information content (AvgIpc) is 2.47. The molecule has 0 fully saturated rings. The van der Waals surface area contributed by atoms with E-state index in [4.69, 9.17) is 4.74 Å². The number of esters is 1. The number of carbonyl (C=O) groups excluding carboxylic acids is 1. The lowest BCUT2D eigenvalue weighted by Gasteiger charge is -2.06. The van der Waals surface area contributed by atoms with Crippen LogP contribution in [-0.4, -0.2) is 12.5 Å². The van der Waals surface area contributed by atoms with Crippen LogP contribution in [0.25, 0.3) is 0 Å². The van der Waals surface area contributed by atoms with Crippen LogP contribution >= 0.6 is 0 Å². The number of anilines is 1. The summed E-state index contributed by atoms with van der Waals surface area (Å²) < 4.78 is 5.25. The quantitative estimate of drug-likeness (QED) is 0.831. The van der Waals surface area contributed by atoms with E-state index in [2.05, 4.69) is 5.32 Å². The van der Waals surface area contributed by atoms with E-state index in [1.165, 1.54) is 0 Å². The number of ether oxygens (including phenoxy) is 1. The first-order valence-electron chi connectivity index (χ1n) is 6.34. The van der Waals surface area contributed by atoms with Crippen molar-refractivity contribution in [1.29, 1.82) is 0 Å². The predicted molar refractivity (Wildman–Crippen MR) is 76.2 cm³/mol. The van der Waals surface area contributed by atoms with Crippen LogP contribution in [0, 0.1) is 0 Å². The first-order chi connectivity index (χ1) is 9.29. The molecular weight excluding hydrogens is 238 g/mol. The van der Waals surface area contributed by atoms with Crippen LogP contribution in [0.15, 0.2) is 54.6 Å². The van der Waals surface area contributed by atoms with Crippen molar-refractivity contribution >= 4 is 11.7 Å². The zero-order valence-electron chi connectivity index (χ0n) is 10.9. The summed E-state index contributed by atoms with van der Waals surface area (Å²) in [4.78, 5) is 11.8. The third kappa shape index (κ3) is 3.85.